The Morgan fingerprint density at radius 3 is 2.75 bits per heavy atom. The largest absolute Gasteiger partial charge is 0.481 e. The highest BCUT2D eigenvalue weighted by atomic mass is 16.4. The van der Waals surface area contributed by atoms with Gasteiger partial charge in [-0.05, 0) is 19.3 Å². The van der Waals surface area contributed by atoms with E-state index in [1.54, 1.807) is 0 Å². The summed E-state index contributed by atoms with van der Waals surface area (Å²) in [7, 11) is 0. The van der Waals surface area contributed by atoms with Crippen molar-refractivity contribution in [1.29, 1.82) is 0 Å². The Kier molecular flexibility index (Phi) is 4.02. The molecule has 20 heavy (non-hydrogen) atoms. The molecule has 8 nitrogen and oxygen atoms in total. The van der Waals surface area contributed by atoms with Gasteiger partial charge in [-0.1, -0.05) is 0 Å². The van der Waals surface area contributed by atoms with Crippen LogP contribution in [0.5, 0.6) is 0 Å². The van der Waals surface area contributed by atoms with Crippen LogP contribution in [-0.2, 0) is 16.1 Å². The van der Waals surface area contributed by atoms with E-state index in [4.69, 9.17) is 5.11 Å². The molecule has 0 spiro atoms. The molecular formula is C12H15N3O5. The lowest BCUT2D eigenvalue weighted by atomic mass is 10.1. The number of carboxylic acids is 1. The summed E-state index contributed by atoms with van der Waals surface area (Å²) in [5.41, 5.74) is -0.946. The quantitative estimate of drug-likeness (QED) is 0.647. The fraction of sp³-hybridized carbons (Fsp3) is 0.500. The lowest BCUT2D eigenvalue weighted by molar-refractivity contribution is -0.141. The monoisotopic (exact) mass is 281 g/mol. The second-order valence-corrected chi connectivity index (χ2v) is 4.85. The number of carbonyl (C=O) groups excluding carboxylic acids is 1. The molecule has 0 aliphatic heterocycles. The molecule has 1 amide bonds. The first-order valence-electron chi connectivity index (χ1n) is 6.28. The smallest absolute Gasteiger partial charge is 0.306 e. The summed E-state index contributed by atoms with van der Waals surface area (Å²) in [5.74, 6) is -1.71. The minimum absolute atomic E-state index is 0.199. The van der Waals surface area contributed by atoms with Gasteiger partial charge in [0, 0.05) is 18.2 Å². The van der Waals surface area contributed by atoms with E-state index in [1.807, 2.05) is 0 Å². The van der Waals surface area contributed by atoms with Crippen molar-refractivity contribution in [2.45, 2.75) is 31.8 Å². The number of nitrogens with zero attached hydrogens (tertiary/aromatic N) is 1. The van der Waals surface area contributed by atoms with E-state index in [-0.39, 0.29) is 12.6 Å². The molecule has 1 saturated carbocycles. The van der Waals surface area contributed by atoms with Crippen LogP contribution in [-0.4, -0.2) is 32.8 Å². The molecule has 1 fully saturated rings. The zero-order chi connectivity index (χ0) is 14.7. The summed E-state index contributed by atoms with van der Waals surface area (Å²) >= 11 is 0. The number of aromatic amines is 1. The Bertz CT molecular complexity index is 632. The molecule has 2 rings (SSSR count). The highest BCUT2D eigenvalue weighted by Crippen LogP contribution is 2.25. The Hall–Kier alpha value is -2.38. The van der Waals surface area contributed by atoms with Crippen LogP contribution < -0.4 is 16.4 Å². The standard InChI is InChI=1S/C12H15N3O5/c16-9-3-4-11(18)15(14-9)6-10(17)13-8-2-1-7(5-8)12(19)20/h3-4,7-8H,1-2,5-6H2,(H,13,17)(H,14,16)(H,19,20)/t7-,8+/m1/s1. The number of amides is 1. The van der Waals surface area contributed by atoms with Gasteiger partial charge in [-0.3, -0.25) is 24.3 Å². The van der Waals surface area contributed by atoms with E-state index in [1.165, 1.54) is 0 Å². The number of H-pyrrole nitrogens is 1. The number of aliphatic carboxylic acids is 1. The van der Waals surface area contributed by atoms with Crippen molar-refractivity contribution in [3.63, 3.8) is 0 Å². The van der Waals surface area contributed by atoms with Crippen molar-refractivity contribution in [2.24, 2.45) is 5.92 Å². The van der Waals surface area contributed by atoms with Crippen molar-refractivity contribution in [3.05, 3.63) is 32.8 Å². The third-order valence-electron chi connectivity index (χ3n) is 3.34. The average Bonchev–Trinajstić information content (AvgIpc) is 2.82. The number of aromatic nitrogens is 2. The molecular weight excluding hydrogens is 266 g/mol. The van der Waals surface area contributed by atoms with Gasteiger partial charge in [0.25, 0.3) is 11.1 Å². The summed E-state index contributed by atoms with van der Waals surface area (Å²) in [6.45, 7) is -0.289. The molecule has 1 aliphatic carbocycles. The third kappa shape index (κ3) is 3.34. The van der Waals surface area contributed by atoms with Crippen molar-refractivity contribution in [3.8, 4) is 0 Å². The molecule has 1 aromatic rings. The van der Waals surface area contributed by atoms with Crippen LogP contribution in [0.3, 0.4) is 0 Å². The van der Waals surface area contributed by atoms with E-state index in [9.17, 15) is 19.2 Å². The first-order valence-corrected chi connectivity index (χ1v) is 6.28. The second kappa shape index (κ2) is 5.72. The lowest BCUT2D eigenvalue weighted by Gasteiger charge is -2.12. The van der Waals surface area contributed by atoms with Crippen LogP contribution in [0.25, 0.3) is 0 Å². The van der Waals surface area contributed by atoms with E-state index >= 15 is 0 Å². The van der Waals surface area contributed by atoms with Gasteiger partial charge in [-0.2, -0.15) is 0 Å². The minimum Gasteiger partial charge on any atom is -0.481 e. The molecule has 0 aromatic carbocycles. The third-order valence-corrected chi connectivity index (χ3v) is 3.34. The van der Waals surface area contributed by atoms with Crippen LogP contribution in [0.4, 0.5) is 0 Å². The first-order chi connectivity index (χ1) is 9.45. The van der Waals surface area contributed by atoms with E-state index in [0.29, 0.717) is 19.3 Å². The van der Waals surface area contributed by atoms with Crippen molar-refractivity contribution in [1.82, 2.24) is 15.1 Å². The molecule has 1 aliphatic rings. The number of nitrogens with one attached hydrogen (secondary N) is 2. The van der Waals surface area contributed by atoms with Gasteiger partial charge in [0.1, 0.15) is 6.54 Å². The van der Waals surface area contributed by atoms with Gasteiger partial charge >= 0.3 is 5.97 Å². The van der Waals surface area contributed by atoms with Gasteiger partial charge in [0.15, 0.2) is 0 Å². The SMILES string of the molecule is O=C(Cn1[nH]c(=O)ccc1=O)N[C@H]1CC[C@@H](C(=O)O)C1. The maximum absolute atomic E-state index is 11.8. The van der Waals surface area contributed by atoms with E-state index in [2.05, 4.69) is 10.4 Å². The molecule has 0 radical (unpaired) electrons. The molecule has 0 saturated heterocycles. The van der Waals surface area contributed by atoms with E-state index in [0.717, 1.165) is 16.8 Å². The summed E-state index contributed by atoms with van der Waals surface area (Å²) in [6, 6.07) is 1.97. The van der Waals surface area contributed by atoms with Gasteiger partial charge in [-0.15, -0.1) is 0 Å². The first kappa shape index (κ1) is 14.0. The van der Waals surface area contributed by atoms with Crippen molar-refractivity contribution in [2.75, 3.05) is 0 Å². The summed E-state index contributed by atoms with van der Waals surface area (Å²) in [4.78, 5) is 45.1. The van der Waals surface area contributed by atoms with Gasteiger partial charge in [0.2, 0.25) is 5.91 Å². The van der Waals surface area contributed by atoms with Crippen LogP contribution >= 0.6 is 0 Å². The molecule has 8 heteroatoms. The van der Waals surface area contributed by atoms with Crippen LogP contribution in [0, 0.1) is 5.92 Å². The molecule has 0 bridgehead atoms. The number of rotatable bonds is 4. The average molecular weight is 281 g/mol. The second-order valence-electron chi connectivity index (χ2n) is 4.85. The van der Waals surface area contributed by atoms with Crippen molar-refractivity contribution < 1.29 is 14.7 Å². The summed E-state index contributed by atoms with van der Waals surface area (Å²) < 4.78 is 0.918. The molecule has 2 atom stereocenters. The summed E-state index contributed by atoms with van der Waals surface area (Å²) in [5, 5.41) is 13.8. The van der Waals surface area contributed by atoms with E-state index < -0.39 is 28.9 Å². The van der Waals surface area contributed by atoms with Gasteiger partial charge in [0.05, 0.1) is 5.92 Å². The highest BCUT2D eigenvalue weighted by molar-refractivity contribution is 5.76. The number of carboxylic acid groups (broad SMARTS) is 1. The summed E-state index contributed by atoms with van der Waals surface area (Å²) in [6.07, 6.45) is 1.52. The van der Waals surface area contributed by atoms with Gasteiger partial charge < -0.3 is 10.4 Å². The fourth-order valence-corrected chi connectivity index (χ4v) is 2.33. The Morgan fingerprint density at radius 1 is 1.35 bits per heavy atom. The number of hydrogen-bond acceptors (Lipinski definition) is 4. The molecule has 108 valence electrons. The van der Waals surface area contributed by atoms with Crippen LogP contribution in [0.1, 0.15) is 19.3 Å². The Labute approximate surface area is 113 Å². The molecule has 1 aromatic heterocycles. The highest BCUT2D eigenvalue weighted by Gasteiger charge is 2.30. The van der Waals surface area contributed by atoms with Crippen LogP contribution in [0.2, 0.25) is 0 Å². The molecule has 3 N–H and O–H groups in total. The molecule has 0 unspecified atom stereocenters. The maximum Gasteiger partial charge on any atom is 0.306 e. The predicted octanol–water partition coefficient (Wildman–Crippen LogP) is -1.09. The fourth-order valence-electron chi connectivity index (χ4n) is 2.33. The Balaban J connectivity index is 1.93. The molecule has 1 heterocycles. The van der Waals surface area contributed by atoms with Crippen molar-refractivity contribution >= 4 is 11.9 Å². The number of carbonyl (C=O) groups is 2. The lowest BCUT2D eigenvalue weighted by Crippen LogP contribution is -2.39. The predicted molar refractivity (Wildman–Crippen MR) is 68.2 cm³/mol. The maximum atomic E-state index is 11.8. The van der Waals surface area contributed by atoms with Gasteiger partial charge in [-0.25, -0.2) is 4.68 Å². The zero-order valence-corrected chi connectivity index (χ0v) is 10.7. The number of hydrogen-bond donors (Lipinski definition) is 3. The Morgan fingerprint density at radius 2 is 2.10 bits per heavy atom. The normalized spacial score (nSPS) is 21.6. The minimum atomic E-state index is -0.856. The zero-order valence-electron chi connectivity index (χ0n) is 10.7. The topological polar surface area (TPSA) is 121 Å². The van der Waals surface area contributed by atoms with Crippen LogP contribution in [0.15, 0.2) is 21.7 Å².